The lowest BCUT2D eigenvalue weighted by atomic mass is 10.1. The van der Waals surface area contributed by atoms with Crippen LogP contribution in [0.15, 0.2) is 11.5 Å². The molecule has 1 unspecified atom stereocenters. The zero-order valence-corrected chi connectivity index (χ0v) is 6.30. The number of ether oxygens (including phenoxy) is 1. The Labute approximate surface area is 68.9 Å². The highest BCUT2D eigenvalue weighted by molar-refractivity contribution is 5.61. The normalized spacial score (nSPS) is 30.4. The van der Waals surface area contributed by atoms with Gasteiger partial charge in [0.1, 0.15) is 5.76 Å². The molecule has 0 aliphatic carbocycles. The van der Waals surface area contributed by atoms with Crippen LogP contribution in [0.2, 0.25) is 0 Å². The van der Waals surface area contributed by atoms with E-state index in [-0.39, 0.29) is 18.8 Å². The highest BCUT2D eigenvalue weighted by Crippen LogP contribution is 2.20. The van der Waals surface area contributed by atoms with Crippen molar-refractivity contribution in [1.29, 1.82) is 0 Å². The Bertz CT molecular complexity index is 210. The Hall–Kier alpha value is -1.07. The first-order valence-electron chi connectivity index (χ1n) is 3.51. The van der Waals surface area contributed by atoms with Gasteiger partial charge in [-0.3, -0.25) is 4.79 Å². The van der Waals surface area contributed by atoms with Crippen LogP contribution in [0.5, 0.6) is 0 Å². The molecule has 0 saturated heterocycles. The SMILES string of the molecule is O=C[C@@H]1OC(CO)CC(O)=C1O. The van der Waals surface area contributed by atoms with Gasteiger partial charge in [-0.05, 0) is 0 Å². The van der Waals surface area contributed by atoms with Gasteiger partial charge in [0.05, 0.1) is 12.7 Å². The van der Waals surface area contributed by atoms with Gasteiger partial charge < -0.3 is 20.1 Å². The summed E-state index contributed by atoms with van der Waals surface area (Å²) >= 11 is 0. The lowest BCUT2D eigenvalue weighted by molar-refractivity contribution is -0.126. The van der Waals surface area contributed by atoms with Gasteiger partial charge in [0.2, 0.25) is 0 Å². The number of hydrogen-bond donors (Lipinski definition) is 3. The van der Waals surface area contributed by atoms with Gasteiger partial charge in [0.15, 0.2) is 18.1 Å². The molecule has 0 aromatic heterocycles. The standard InChI is InChI=1S/C7H10O5/c8-2-4-1-5(10)7(11)6(3-9)12-4/h3-4,6,8,10-11H,1-2H2/t4?,6-/m0/s1. The molecule has 12 heavy (non-hydrogen) atoms. The largest absolute Gasteiger partial charge is 0.509 e. The number of hydrogen-bond acceptors (Lipinski definition) is 5. The lowest BCUT2D eigenvalue weighted by Gasteiger charge is -2.24. The van der Waals surface area contributed by atoms with Crippen LogP contribution in [0.4, 0.5) is 0 Å². The summed E-state index contributed by atoms with van der Waals surface area (Å²) in [6, 6.07) is 0. The summed E-state index contributed by atoms with van der Waals surface area (Å²) in [5, 5.41) is 26.8. The van der Waals surface area contributed by atoms with Crippen molar-refractivity contribution >= 4 is 6.29 Å². The number of carbonyl (C=O) groups excluding carboxylic acids is 1. The molecule has 0 aromatic carbocycles. The fourth-order valence-electron chi connectivity index (χ4n) is 1.01. The summed E-state index contributed by atoms with van der Waals surface area (Å²) < 4.78 is 4.88. The minimum atomic E-state index is -1.14. The van der Waals surface area contributed by atoms with Crippen LogP contribution >= 0.6 is 0 Å². The lowest BCUT2D eigenvalue weighted by Crippen LogP contribution is -2.33. The maximum Gasteiger partial charge on any atom is 0.173 e. The summed E-state index contributed by atoms with van der Waals surface area (Å²) in [5.74, 6) is -0.757. The minimum absolute atomic E-state index is 0.0344. The van der Waals surface area contributed by atoms with Crippen LogP contribution in [0.3, 0.4) is 0 Å². The van der Waals surface area contributed by atoms with Gasteiger partial charge in [-0.15, -0.1) is 0 Å². The Morgan fingerprint density at radius 2 is 2.25 bits per heavy atom. The van der Waals surface area contributed by atoms with Crippen molar-refractivity contribution in [3.63, 3.8) is 0 Å². The van der Waals surface area contributed by atoms with Gasteiger partial charge in [-0.25, -0.2) is 0 Å². The van der Waals surface area contributed by atoms with E-state index in [0.717, 1.165) is 0 Å². The number of carbonyl (C=O) groups is 1. The monoisotopic (exact) mass is 174 g/mol. The highest BCUT2D eigenvalue weighted by Gasteiger charge is 2.28. The van der Waals surface area contributed by atoms with Crippen LogP contribution in [-0.2, 0) is 9.53 Å². The fourth-order valence-corrected chi connectivity index (χ4v) is 1.01. The van der Waals surface area contributed by atoms with Crippen LogP contribution in [-0.4, -0.2) is 40.4 Å². The summed E-state index contributed by atoms with van der Waals surface area (Å²) in [4.78, 5) is 10.3. The van der Waals surface area contributed by atoms with Crippen LogP contribution in [0.1, 0.15) is 6.42 Å². The molecule has 2 atom stereocenters. The van der Waals surface area contributed by atoms with Crippen molar-refractivity contribution in [3.8, 4) is 0 Å². The Balaban J connectivity index is 2.77. The molecular weight excluding hydrogens is 164 g/mol. The predicted octanol–water partition coefficient (Wildman–Crippen LogP) is -0.337. The van der Waals surface area contributed by atoms with E-state index >= 15 is 0 Å². The summed E-state index contributed by atoms with van der Waals surface area (Å²) in [6.07, 6.45) is -1.35. The Kier molecular flexibility index (Phi) is 2.67. The first kappa shape index (κ1) is 9.02. The van der Waals surface area contributed by atoms with E-state index in [0.29, 0.717) is 6.29 Å². The van der Waals surface area contributed by atoms with Crippen molar-refractivity contribution in [2.75, 3.05) is 6.61 Å². The summed E-state index contributed by atoms with van der Waals surface area (Å²) in [5.41, 5.74) is 0. The van der Waals surface area contributed by atoms with E-state index in [1.165, 1.54) is 0 Å². The second-order valence-electron chi connectivity index (χ2n) is 2.53. The zero-order valence-electron chi connectivity index (χ0n) is 6.30. The maximum atomic E-state index is 10.3. The van der Waals surface area contributed by atoms with Crippen LogP contribution in [0.25, 0.3) is 0 Å². The van der Waals surface area contributed by atoms with Crippen LogP contribution in [0, 0.1) is 0 Å². The van der Waals surface area contributed by atoms with Gasteiger partial charge in [0.25, 0.3) is 0 Å². The van der Waals surface area contributed by atoms with Gasteiger partial charge in [-0.1, -0.05) is 0 Å². The molecule has 5 nitrogen and oxygen atoms in total. The Morgan fingerprint density at radius 1 is 1.58 bits per heavy atom. The molecule has 68 valence electrons. The van der Waals surface area contributed by atoms with Crippen molar-refractivity contribution in [2.45, 2.75) is 18.6 Å². The second kappa shape index (κ2) is 3.55. The summed E-state index contributed by atoms with van der Waals surface area (Å²) in [7, 11) is 0. The molecule has 0 fully saturated rings. The third-order valence-corrected chi connectivity index (χ3v) is 1.65. The molecule has 0 spiro atoms. The van der Waals surface area contributed by atoms with E-state index in [9.17, 15) is 4.79 Å². The molecular formula is C7H10O5. The first-order chi connectivity index (χ1) is 5.69. The third kappa shape index (κ3) is 1.57. The van der Waals surface area contributed by atoms with E-state index in [1.54, 1.807) is 0 Å². The molecule has 1 aliphatic heterocycles. The maximum absolute atomic E-state index is 10.3. The van der Waals surface area contributed by atoms with Gasteiger partial charge >= 0.3 is 0 Å². The topological polar surface area (TPSA) is 87.0 Å². The average molecular weight is 174 g/mol. The van der Waals surface area contributed by atoms with Crippen LogP contribution < -0.4 is 0 Å². The van der Waals surface area contributed by atoms with Gasteiger partial charge in [-0.2, -0.15) is 0 Å². The van der Waals surface area contributed by atoms with E-state index < -0.39 is 18.0 Å². The first-order valence-corrected chi connectivity index (χ1v) is 3.51. The molecule has 3 N–H and O–H groups in total. The van der Waals surface area contributed by atoms with Crippen molar-refractivity contribution in [1.82, 2.24) is 0 Å². The van der Waals surface area contributed by atoms with E-state index in [1.807, 2.05) is 0 Å². The quantitative estimate of drug-likeness (QED) is 0.498. The molecule has 0 saturated carbocycles. The molecule has 5 heteroatoms. The molecule has 0 radical (unpaired) electrons. The third-order valence-electron chi connectivity index (χ3n) is 1.65. The molecule has 1 aliphatic rings. The Morgan fingerprint density at radius 3 is 2.75 bits per heavy atom. The molecule has 0 aromatic rings. The number of aliphatic hydroxyl groups is 3. The fraction of sp³-hybridized carbons (Fsp3) is 0.571. The van der Waals surface area contributed by atoms with Crippen molar-refractivity contribution in [3.05, 3.63) is 11.5 Å². The number of aliphatic hydroxyl groups excluding tert-OH is 3. The molecule has 1 heterocycles. The predicted molar refractivity (Wildman–Crippen MR) is 38.7 cm³/mol. The summed E-state index contributed by atoms with van der Waals surface area (Å²) in [6.45, 7) is -0.290. The average Bonchev–Trinajstić information content (AvgIpc) is 2.09. The molecule has 0 bridgehead atoms. The van der Waals surface area contributed by atoms with Crippen molar-refractivity contribution in [2.24, 2.45) is 0 Å². The number of aldehydes is 1. The number of rotatable bonds is 2. The van der Waals surface area contributed by atoms with Crippen molar-refractivity contribution < 1.29 is 24.9 Å². The zero-order chi connectivity index (χ0) is 9.14. The minimum Gasteiger partial charge on any atom is -0.509 e. The highest BCUT2D eigenvalue weighted by atomic mass is 16.5. The molecule has 0 amide bonds. The van der Waals surface area contributed by atoms with Gasteiger partial charge in [0, 0.05) is 6.42 Å². The van der Waals surface area contributed by atoms with E-state index in [2.05, 4.69) is 0 Å². The van der Waals surface area contributed by atoms with E-state index in [4.69, 9.17) is 20.1 Å². The smallest absolute Gasteiger partial charge is 0.173 e. The second-order valence-corrected chi connectivity index (χ2v) is 2.53. The molecule has 1 rings (SSSR count).